The topological polar surface area (TPSA) is 90.7 Å². The molecule has 7 nitrogen and oxygen atoms in total. The van der Waals surface area contributed by atoms with Crippen LogP contribution < -0.4 is 14.8 Å². The summed E-state index contributed by atoms with van der Waals surface area (Å²) in [6.07, 6.45) is 0.958. The number of carbonyl (C=O) groups excluding carboxylic acids is 1. The van der Waals surface area contributed by atoms with Crippen molar-refractivity contribution < 1.29 is 19.2 Å². The maximum absolute atomic E-state index is 12.1. The van der Waals surface area contributed by atoms with E-state index < -0.39 is 4.92 Å². The molecular weight excluding hydrogens is 336 g/mol. The molecule has 0 saturated carbocycles. The van der Waals surface area contributed by atoms with Crippen molar-refractivity contribution in [3.8, 4) is 11.5 Å². The van der Waals surface area contributed by atoms with Gasteiger partial charge in [-0.1, -0.05) is 31.2 Å². The molecule has 1 amide bonds. The van der Waals surface area contributed by atoms with E-state index >= 15 is 0 Å². The van der Waals surface area contributed by atoms with Gasteiger partial charge in [-0.25, -0.2) is 0 Å². The number of benzene rings is 2. The Labute approximate surface area is 152 Å². The second-order valence-corrected chi connectivity index (χ2v) is 5.77. The molecule has 1 N–H and O–H groups in total. The highest BCUT2D eigenvalue weighted by Gasteiger charge is 2.15. The number of non-ortho nitro benzene ring substituents is 1. The first-order chi connectivity index (χ1) is 12.4. The van der Waals surface area contributed by atoms with Gasteiger partial charge in [0.05, 0.1) is 24.1 Å². The van der Waals surface area contributed by atoms with Crippen molar-refractivity contribution in [1.82, 2.24) is 5.32 Å². The van der Waals surface area contributed by atoms with Gasteiger partial charge in [0.25, 0.3) is 11.6 Å². The second-order valence-electron chi connectivity index (χ2n) is 5.77. The summed E-state index contributed by atoms with van der Waals surface area (Å²) >= 11 is 0. The molecule has 1 atom stereocenters. The largest absolute Gasteiger partial charge is 0.493 e. The number of ether oxygens (including phenoxy) is 2. The Morgan fingerprint density at radius 1 is 1.19 bits per heavy atom. The average molecular weight is 358 g/mol. The first kappa shape index (κ1) is 19.2. The molecule has 0 aromatic heterocycles. The zero-order valence-corrected chi connectivity index (χ0v) is 15.0. The van der Waals surface area contributed by atoms with Crippen LogP contribution in [-0.2, 0) is 11.2 Å². The van der Waals surface area contributed by atoms with Gasteiger partial charge in [-0.05, 0) is 30.5 Å². The third-order valence-corrected chi connectivity index (χ3v) is 3.98. The standard InChI is InChI=1S/C19H22N2O5/c1-4-14-5-7-15(8-6-14)13(2)20-19(22)12-26-18-11-16(21(23)24)9-10-17(18)25-3/h5-11,13H,4,12H2,1-3H3,(H,20,22)/t13-/m1/s1. The third kappa shape index (κ3) is 4.95. The fraction of sp³-hybridized carbons (Fsp3) is 0.316. The van der Waals surface area contributed by atoms with E-state index in [0.29, 0.717) is 5.75 Å². The van der Waals surface area contributed by atoms with Crippen LogP contribution in [0, 0.1) is 10.1 Å². The second kappa shape index (κ2) is 8.84. The molecule has 0 bridgehead atoms. The molecule has 0 aliphatic carbocycles. The van der Waals surface area contributed by atoms with Crippen molar-refractivity contribution >= 4 is 11.6 Å². The smallest absolute Gasteiger partial charge is 0.273 e. The molecule has 2 aromatic carbocycles. The van der Waals surface area contributed by atoms with Crippen molar-refractivity contribution in [3.63, 3.8) is 0 Å². The minimum atomic E-state index is -0.533. The fourth-order valence-electron chi connectivity index (χ4n) is 2.44. The third-order valence-electron chi connectivity index (χ3n) is 3.98. The number of rotatable bonds is 8. The van der Waals surface area contributed by atoms with Crippen LogP contribution in [0.2, 0.25) is 0 Å². The quantitative estimate of drug-likeness (QED) is 0.577. The lowest BCUT2D eigenvalue weighted by Gasteiger charge is -2.16. The van der Waals surface area contributed by atoms with Crippen LogP contribution in [-0.4, -0.2) is 24.5 Å². The predicted molar refractivity (Wildman–Crippen MR) is 97.5 cm³/mol. The highest BCUT2D eigenvalue weighted by Crippen LogP contribution is 2.31. The van der Waals surface area contributed by atoms with Crippen LogP contribution in [0.15, 0.2) is 42.5 Å². The number of methoxy groups -OCH3 is 1. The van der Waals surface area contributed by atoms with E-state index in [-0.39, 0.29) is 30.0 Å². The van der Waals surface area contributed by atoms with Crippen LogP contribution in [0.1, 0.15) is 31.0 Å². The highest BCUT2D eigenvalue weighted by atomic mass is 16.6. The molecule has 26 heavy (non-hydrogen) atoms. The molecule has 0 saturated heterocycles. The van der Waals surface area contributed by atoms with Crippen LogP contribution >= 0.6 is 0 Å². The zero-order valence-electron chi connectivity index (χ0n) is 15.0. The number of amides is 1. The molecule has 7 heteroatoms. The Kier molecular flexibility index (Phi) is 6.54. The number of nitro groups is 1. The van der Waals surface area contributed by atoms with Gasteiger partial charge in [-0.2, -0.15) is 0 Å². The summed E-state index contributed by atoms with van der Waals surface area (Å²) in [4.78, 5) is 22.5. The van der Waals surface area contributed by atoms with E-state index in [9.17, 15) is 14.9 Å². The summed E-state index contributed by atoms with van der Waals surface area (Å²) in [5.41, 5.74) is 2.09. The van der Waals surface area contributed by atoms with Gasteiger partial charge in [-0.3, -0.25) is 14.9 Å². The first-order valence-corrected chi connectivity index (χ1v) is 8.28. The van der Waals surface area contributed by atoms with Gasteiger partial charge in [-0.15, -0.1) is 0 Å². The summed E-state index contributed by atoms with van der Waals surface area (Å²) in [6, 6.07) is 11.8. The van der Waals surface area contributed by atoms with Crippen LogP contribution in [0.5, 0.6) is 11.5 Å². The Hall–Kier alpha value is -3.09. The summed E-state index contributed by atoms with van der Waals surface area (Å²) in [5, 5.41) is 13.7. The SMILES string of the molecule is CCc1ccc([C@@H](C)NC(=O)COc2cc([N+](=O)[O-])ccc2OC)cc1. The molecule has 2 rings (SSSR count). The van der Waals surface area contributed by atoms with E-state index in [2.05, 4.69) is 12.2 Å². The maximum Gasteiger partial charge on any atom is 0.273 e. The number of nitrogens with one attached hydrogen (secondary N) is 1. The molecule has 0 spiro atoms. The van der Waals surface area contributed by atoms with Crippen LogP contribution in [0.25, 0.3) is 0 Å². The lowest BCUT2D eigenvalue weighted by Crippen LogP contribution is -2.31. The lowest BCUT2D eigenvalue weighted by molar-refractivity contribution is -0.385. The minimum absolute atomic E-state index is 0.134. The average Bonchev–Trinajstić information content (AvgIpc) is 2.66. The van der Waals surface area contributed by atoms with Gasteiger partial charge in [0.1, 0.15) is 0 Å². The number of nitro benzene ring substituents is 1. The van der Waals surface area contributed by atoms with E-state index in [1.54, 1.807) is 0 Å². The lowest BCUT2D eigenvalue weighted by atomic mass is 10.1. The van der Waals surface area contributed by atoms with Crippen molar-refractivity contribution in [2.24, 2.45) is 0 Å². The monoisotopic (exact) mass is 358 g/mol. The zero-order chi connectivity index (χ0) is 19.1. The predicted octanol–water partition coefficient (Wildman–Crippen LogP) is 3.42. The molecule has 0 radical (unpaired) electrons. The molecule has 0 heterocycles. The molecule has 0 aliphatic rings. The van der Waals surface area contributed by atoms with E-state index in [4.69, 9.17) is 9.47 Å². The first-order valence-electron chi connectivity index (χ1n) is 8.28. The van der Waals surface area contributed by atoms with Crippen molar-refractivity contribution in [1.29, 1.82) is 0 Å². The summed E-state index contributed by atoms with van der Waals surface area (Å²) < 4.78 is 10.5. The van der Waals surface area contributed by atoms with Crippen LogP contribution in [0.4, 0.5) is 5.69 Å². The van der Waals surface area contributed by atoms with Crippen molar-refractivity contribution in [3.05, 3.63) is 63.7 Å². The molecule has 0 unspecified atom stereocenters. The number of carbonyl (C=O) groups is 1. The van der Waals surface area contributed by atoms with E-state index in [1.807, 2.05) is 31.2 Å². The van der Waals surface area contributed by atoms with Gasteiger partial charge in [0.2, 0.25) is 0 Å². The molecule has 138 valence electrons. The number of aryl methyl sites for hydroxylation is 1. The van der Waals surface area contributed by atoms with E-state index in [1.165, 1.54) is 30.9 Å². The number of hydrogen-bond acceptors (Lipinski definition) is 5. The summed E-state index contributed by atoms with van der Waals surface area (Å²) in [5.74, 6) is 0.147. The minimum Gasteiger partial charge on any atom is -0.493 e. The maximum atomic E-state index is 12.1. The van der Waals surface area contributed by atoms with Gasteiger partial charge >= 0.3 is 0 Å². The number of nitrogens with zero attached hydrogens (tertiary/aromatic N) is 1. The Morgan fingerprint density at radius 2 is 1.88 bits per heavy atom. The summed E-state index contributed by atoms with van der Waals surface area (Å²) in [6.45, 7) is 3.70. The summed E-state index contributed by atoms with van der Waals surface area (Å²) in [7, 11) is 1.43. The Balaban J connectivity index is 1.97. The van der Waals surface area contributed by atoms with E-state index in [0.717, 1.165) is 12.0 Å². The fourth-order valence-corrected chi connectivity index (χ4v) is 2.44. The van der Waals surface area contributed by atoms with Crippen LogP contribution in [0.3, 0.4) is 0 Å². The van der Waals surface area contributed by atoms with Gasteiger partial charge < -0.3 is 14.8 Å². The van der Waals surface area contributed by atoms with Crippen molar-refractivity contribution in [2.75, 3.05) is 13.7 Å². The molecule has 0 aliphatic heterocycles. The molecular formula is C19H22N2O5. The number of hydrogen-bond donors (Lipinski definition) is 1. The van der Waals surface area contributed by atoms with Crippen molar-refractivity contribution in [2.45, 2.75) is 26.3 Å². The molecule has 0 fully saturated rings. The normalized spacial score (nSPS) is 11.5. The molecule has 2 aromatic rings. The Morgan fingerprint density at radius 3 is 2.46 bits per heavy atom. The Bertz CT molecular complexity index is 774. The van der Waals surface area contributed by atoms with Gasteiger partial charge in [0.15, 0.2) is 18.1 Å². The van der Waals surface area contributed by atoms with Gasteiger partial charge in [0, 0.05) is 6.07 Å². The highest BCUT2D eigenvalue weighted by molar-refractivity contribution is 5.78.